The number of amides is 1. The molecule has 1 aromatic heterocycles. The number of carbonyl (C=O) groups is 2. The van der Waals surface area contributed by atoms with E-state index in [4.69, 9.17) is 16.2 Å². The van der Waals surface area contributed by atoms with Gasteiger partial charge < -0.3 is 20.9 Å². The normalized spacial score (nSPS) is 12.2. The van der Waals surface area contributed by atoms with E-state index >= 15 is 0 Å². The highest BCUT2D eigenvalue weighted by Crippen LogP contribution is 2.18. The zero-order valence-corrected chi connectivity index (χ0v) is 10.5. The second-order valence-electron chi connectivity index (χ2n) is 3.70. The van der Waals surface area contributed by atoms with Crippen molar-refractivity contribution < 1.29 is 19.1 Å². The first-order valence-corrected chi connectivity index (χ1v) is 5.19. The lowest BCUT2D eigenvalue weighted by atomic mass is 10.2. The fourth-order valence-electron chi connectivity index (χ4n) is 1.43. The van der Waals surface area contributed by atoms with Crippen LogP contribution in [-0.4, -0.2) is 42.0 Å². The van der Waals surface area contributed by atoms with Gasteiger partial charge in [0.1, 0.15) is 5.69 Å². The van der Waals surface area contributed by atoms with Crippen LogP contribution < -0.4 is 11.5 Å². The SMILES string of the molecule is COC(=O)c1nn(C[C@H](C)OC)c(C(N)=O)c1N. The summed E-state index contributed by atoms with van der Waals surface area (Å²) in [6, 6.07) is 0. The second kappa shape index (κ2) is 5.50. The number of aromatic nitrogens is 2. The molecule has 4 N–H and O–H groups in total. The lowest BCUT2D eigenvalue weighted by Gasteiger charge is -2.10. The fourth-order valence-corrected chi connectivity index (χ4v) is 1.43. The van der Waals surface area contributed by atoms with E-state index in [1.807, 2.05) is 0 Å². The molecule has 0 aromatic carbocycles. The van der Waals surface area contributed by atoms with E-state index in [2.05, 4.69) is 9.84 Å². The van der Waals surface area contributed by atoms with E-state index < -0.39 is 11.9 Å². The van der Waals surface area contributed by atoms with Crippen LogP contribution in [0.5, 0.6) is 0 Å². The van der Waals surface area contributed by atoms with E-state index in [9.17, 15) is 9.59 Å². The number of ether oxygens (including phenoxy) is 2. The Hall–Kier alpha value is -2.09. The molecule has 0 aliphatic carbocycles. The molecule has 0 saturated heterocycles. The van der Waals surface area contributed by atoms with Gasteiger partial charge in [0.05, 0.1) is 25.4 Å². The van der Waals surface area contributed by atoms with Crippen LogP contribution in [0.25, 0.3) is 0 Å². The number of carbonyl (C=O) groups excluding carboxylic acids is 2. The number of esters is 1. The Labute approximate surface area is 104 Å². The number of anilines is 1. The topological polar surface area (TPSA) is 122 Å². The zero-order valence-electron chi connectivity index (χ0n) is 10.5. The highest BCUT2D eigenvalue weighted by Gasteiger charge is 2.25. The second-order valence-corrected chi connectivity index (χ2v) is 3.70. The summed E-state index contributed by atoms with van der Waals surface area (Å²) in [5, 5.41) is 3.93. The summed E-state index contributed by atoms with van der Waals surface area (Å²) >= 11 is 0. The minimum absolute atomic E-state index is 0.0284. The number of nitrogens with two attached hydrogens (primary N) is 2. The molecule has 0 bridgehead atoms. The van der Waals surface area contributed by atoms with Crippen LogP contribution in [0.2, 0.25) is 0 Å². The summed E-state index contributed by atoms with van der Waals surface area (Å²) in [6.45, 7) is 2.02. The van der Waals surface area contributed by atoms with Crippen LogP contribution >= 0.6 is 0 Å². The molecule has 1 rings (SSSR count). The molecule has 18 heavy (non-hydrogen) atoms. The Morgan fingerprint density at radius 1 is 1.44 bits per heavy atom. The number of methoxy groups -OCH3 is 2. The summed E-state index contributed by atoms with van der Waals surface area (Å²) < 4.78 is 10.8. The molecular weight excluding hydrogens is 240 g/mol. The molecule has 0 saturated carbocycles. The van der Waals surface area contributed by atoms with Crippen LogP contribution in [0.1, 0.15) is 27.9 Å². The van der Waals surface area contributed by atoms with Crippen molar-refractivity contribution in [1.29, 1.82) is 0 Å². The molecular formula is C10H16N4O4. The molecule has 8 heteroatoms. The van der Waals surface area contributed by atoms with E-state index in [1.54, 1.807) is 6.92 Å². The number of nitrogen functional groups attached to an aromatic ring is 1. The summed E-state index contributed by atoms with van der Waals surface area (Å²) in [4.78, 5) is 22.7. The minimum Gasteiger partial charge on any atom is -0.464 e. The van der Waals surface area contributed by atoms with Gasteiger partial charge in [-0.05, 0) is 6.92 Å². The Kier molecular flexibility index (Phi) is 4.27. The maximum atomic E-state index is 11.4. The van der Waals surface area contributed by atoms with Gasteiger partial charge in [0.2, 0.25) is 0 Å². The van der Waals surface area contributed by atoms with Gasteiger partial charge in [-0.2, -0.15) is 5.10 Å². The summed E-state index contributed by atoms with van der Waals surface area (Å²) in [6.07, 6.45) is -0.215. The van der Waals surface area contributed by atoms with E-state index in [0.717, 1.165) is 0 Å². The molecule has 1 amide bonds. The fraction of sp³-hybridized carbons (Fsp3) is 0.500. The Bertz CT molecular complexity index is 469. The number of hydrogen-bond acceptors (Lipinski definition) is 6. The van der Waals surface area contributed by atoms with Crippen LogP contribution in [0, 0.1) is 0 Å². The first kappa shape index (κ1) is 14.0. The standard InChI is InChI=1S/C10H16N4O4/c1-5(17-2)4-14-8(9(12)15)6(11)7(13-14)10(16)18-3/h5H,4,11H2,1-3H3,(H2,12,15)/t5-/m0/s1. The van der Waals surface area contributed by atoms with Gasteiger partial charge in [0.25, 0.3) is 5.91 Å². The Morgan fingerprint density at radius 2 is 2.06 bits per heavy atom. The largest absolute Gasteiger partial charge is 0.464 e. The lowest BCUT2D eigenvalue weighted by molar-refractivity contribution is 0.0591. The molecule has 100 valence electrons. The molecule has 8 nitrogen and oxygen atoms in total. The van der Waals surface area contributed by atoms with Crippen molar-refractivity contribution in [1.82, 2.24) is 9.78 Å². The average molecular weight is 256 g/mol. The third kappa shape index (κ3) is 2.59. The quantitative estimate of drug-likeness (QED) is 0.677. The van der Waals surface area contributed by atoms with Crippen LogP contribution in [-0.2, 0) is 16.0 Å². The summed E-state index contributed by atoms with van der Waals surface area (Å²) in [5.74, 6) is -1.49. The van der Waals surface area contributed by atoms with Crippen molar-refractivity contribution in [2.45, 2.75) is 19.6 Å². The van der Waals surface area contributed by atoms with E-state index in [-0.39, 0.29) is 29.7 Å². The maximum Gasteiger partial charge on any atom is 0.360 e. The van der Waals surface area contributed by atoms with Crippen LogP contribution in [0.4, 0.5) is 5.69 Å². The smallest absolute Gasteiger partial charge is 0.360 e. The molecule has 1 aromatic rings. The van der Waals surface area contributed by atoms with E-state index in [0.29, 0.717) is 0 Å². The minimum atomic E-state index is -0.765. The molecule has 0 fully saturated rings. The Morgan fingerprint density at radius 3 is 2.50 bits per heavy atom. The summed E-state index contributed by atoms with van der Waals surface area (Å²) in [7, 11) is 2.71. The first-order valence-electron chi connectivity index (χ1n) is 5.19. The van der Waals surface area contributed by atoms with E-state index in [1.165, 1.54) is 18.9 Å². The summed E-state index contributed by atoms with van der Waals surface area (Å²) in [5.41, 5.74) is 10.6. The van der Waals surface area contributed by atoms with Gasteiger partial charge in [0, 0.05) is 7.11 Å². The van der Waals surface area contributed by atoms with Gasteiger partial charge in [0.15, 0.2) is 5.69 Å². The van der Waals surface area contributed by atoms with Crippen molar-refractivity contribution in [2.24, 2.45) is 5.73 Å². The zero-order chi connectivity index (χ0) is 13.9. The van der Waals surface area contributed by atoms with Gasteiger partial charge in [-0.25, -0.2) is 4.79 Å². The van der Waals surface area contributed by atoms with Gasteiger partial charge in [-0.15, -0.1) is 0 Å². The van der Waals surface area contributed by atoms with Crippen molar-refractivity contribution in [3.63, 3.8) is 0 Å². The Balaban J connectivity index is 3.24. The van der Waals surface area contributed by atoms with Crippen LogP contribution in [0.3, 0.4) is 0 Å². The van der Waals surface area contributed by atoms with Crippen molar-refractivity contribution in [3.05, 3.63) is 11.4 Å². The molecule has 0 radical (unpaired) electrons. The number of rotatable bonds is 5. The lowest BCUT2D eigenvalue weighted by Crippen LogP contribution is -2.23. The number of nitrogens with zero attached hydrogens (tertiary/aromatic N) is 2. The molecule has 1 atom stereocenters. The van der Waals surface area contributed by atoms with Crippen molar-refractivity contribution >= 4 is 17.6 Å². The maximum absolute atomic E-state index is 11.4. The van der Waals surface area contributed by atoms with Gasteiger partial charge in [-0.1, -0.05) is 0 Å². The molecule has 0 aliphatic rings. The van der Waals surface area contributed by atoms with Gasteiger partial charge >= 0.3 is 5.97 Å². The molecule has 0 aliphatic heterocycles. The highest BCUT2D eigenvalue weighted by molar-refractivity contribution is 6.03. The molecule has 1 heterocycles. The first-order chi connectivity index (χ1) is 8.42. The molecule has 0 unspecified atom stereocenters. The van der Waals surface area contributed by atoms with Crippen molar-refractivity contribution in [3.8, 4) is 0 Å². The average Bonchev–Trinajstić information content (AvgIpc) is 2.65. The third-order valence-electron chi connectivity index (χ3n) is 2.43. The molecule has 0 spiro atoms. The number of hydrogen-bond donors (Lipinski definition) is 2. The van der Waals surface area contributed by atoms with Gasteiger partial charge in [-0.3, -0.25) is 9.48 Å². The highest BCUT2D eigenvalue weighted by atomic mass is 16.5. The predicted molar refractivity (Wildman–Crippen MR) is 63.0 cm³/mol. The monoisotopic (exact) mass is 256 g/mol. The third-order valence-corrected chi connectivity index (χ3v) is 2.43. The predicted octanol–water partition coefficient (Wildman–Crippen LogP) is -0.614. The van der Waals surface area contributed by atoms with Crippen molar-refractivity contribution in [2.75, 3.05) is 20.0 Å². The van der Waals surface area contributed by atoms with Crippen LogP contribution in [0.15, 0.2) is 0 Å². The number of primary amides is 1.